The number of H-pyrrole nitrogens is 1. The van der Waals surface area contributed by atoms with Gasteiger partial charge in [0.2, 0.25) is 0 Å². The number of nitrogens with one attached hydrogen (secondary N) is 1. The second kappa shape index (κ2) is 4.66. The Balaban J connectivity index is 2.52. The molecule has 0 amide bonds. The molecular formula is C12H14N2O5. The van der Waals surface area contributed by atoms with Crippen LogP contribution in [0.25, 0.3) is 0 Å². The van der Waals surface area contributed by atoms with Crippen molar-refractivity contribution in [2.45, 2.75) is 25.4 Å². The van der Waals surface area contributed by atoms with E-state index in [0.717, 1.165) is 10.6 Å². The van der Waals surface area contributed by atoms with Gasteiger partial charge in [-0.3, -0.25) is 14.3 Å². The molecule has 1 aromatic rings. The van der Waals surface area contributed by atoms with E-state index in [1.807, 2.05) is 0 Å². The molecule has 102 valence electrons. The standard InChI is InChI=1S/C12H14N2O5/c1-3-12(2)9(17)7(6-15)19-10(12)14-5-4-8(16)13-11(14)18/h1,4-5,7,9-10,15,17H,6H2,2H3,(H,13,16,18)/t7-,9-,10-,12-/m1/s1. The SMILES string of the molecule is C#C[C@]1(C)[C@H](O)[C@@H](CO)O[C@H]1n1ccc(=O)[nH]c1=O. The van der Waals surface area contributed by atoms with E-state index in [1.54, 1.807) is 6.92 Å². The van der Waals surface area contributed by atoms with Gasteiger partial charge >= 0.3 is 5.69 Å². The quantitative estimate of drug-likeness (QED) is 0.561. The number of aliphatic hydroxyl groups is 2. The van der Waals surface area contributed by atoms with Crippen molar-refractivity contribution in [1.29, 1.82) is 0 Å². The van der Waals surface area contributed by atoms with Gasteiger partial charge in [-0.15, -0.1) is 6.42 Å². The van der Waals surface area contributed by atoms with Crippen LogP contribution in [0, 0.1) is 17.8 Å². The van der Waals surface area contributed by atoms with Gasteiger partial charge in [0.1, 0.15) is 17.6 Å². The number of terminal acetylenes is 1. The predicted molar refractivity (Wildman–Crippen MR) is 65.3 cm³/mol. The zero-order chi connectivity index (χ0) is 14.2. The molecule has 0 spiro atoms. The van der Waals surface area contributed by atoms with Crippen LogP contribution >= 0.6 is 0 Å². The van der Waals surface area contributed by atoms with E-state index in [9.17, 15) is 14.7 Å². The third kappa shape index (κ3) is 2.00. The van der Waals surface area contributed by atoms with Crippen molar-refractivity contribution in [2.24, 2.45) is 5.41 Å². The minimum Gasteiger partial charge on any atom is -0.394 e. The maximum absolute atomic E-state index is 11.7. The first-order valence-electron chi connectivity index (χ1n) is 5.67. The topological polar surface area (TPSA) is 105 Å². The molecule has 0 saturated carbocycles. The van der Waals surface area contributed by atoms with Crippen molar-refractivity contribution in [3.8, 4) is 12.3 Å². The largest absolute Gasteiger partial charge is 0.394 e. The smallest absolute Gasteiger partial charge is 0.330 e. The van der Waals surface area contributed by atoms with Crippen LogP contribution in [-0.2, 0) is 4.74 Å². The third-order valence-corrected chi connectivity index (χ3v) is 3.38. The van der Waals surface area contributed by atoms with Gasteiger partial charge in [0.25, 0.3) is 5.56 Å². The van der Waals surface area contributed by atoms with Crippen LogP contribution < -0.4 is 11.2 Å². The summed E-state index contributed by atoms with van der Waals surface area (Å²) in [7, 11) is 0. The van der Waals surface area contributed by atoms with Crippen LogP contribution in [0.3, 0.4) is 0 Å². The summed E-state index contributed by atoms with van der Waals surface area (Å²) in [5.74, 6) is 2.41. The monoisotopic (exact) mass is 266 g/mol. The highest BCUT2D eigenvalue weighted by Gasteiger charge is 2.53. The van der Waals surface area contributed by atoms with Gasteiger partial charge in [-0.25, -0.2) is 4.79 Å². The Bertz CT molecular complexity index is 628. The van der Waals surface area contributed by atoms with Crippen molar-refractivity contribution in [1.82, 2.24) is 9.55 Å². The van der Waals surface area contributed by atoms with Gasteiger partial charge in [-0.2, -0.15) is 0 Å². The Hall–Kier alpha value is -1.88. The van der Waals surface area contributed by atoms with Gasteiger partial charge in [0, 0.05) is 12.3 Å². The lowest BCUT2D eigenvalue weighted by molar-refractivity contribution is -0.0502. The average Bonchev–Trinajstić information content (AvgIpc) is 2.63. The maximum atomic E-state index is 11.7. The number of hydrogen-bond donors (Lipinski definition) is 3. The van der Waals surface area contributed by atoms with E-state index in [2.05, 4.69) is 10.9 Å². The molecule has 0 radical (unpaired) electrons. The third-order valence-electron chi connectivity index (χ3n) is 3.38. The van der Waals surface area contributed by atoms with E-state index in [4.69, 9.17) is 16.3 Å². The highest BCUT2D eigenvalue weighted by molar-refractivity contribution is 5.15. The maximum Gasteiger partial charge on any atom is 0.330 e. The minimum absolute atomic E-state index is 0.424. The zero-order valence-corrected chi connectivity index (χ0v) is 10.2. The van der Waals surface area contributed by atoms with Crippen molar-refractivity contribution >= 4 is 0 Å². The van der Waals surface area contributed by atoms with Crippen LogP contribution in [0.15, 0.2) is 21.9 Å². The fraction of sp³-hybridized carbons (Fsp3) is 0.500. The average molecular weight is 266 g/mol. The number of rotatable bonds is 2. The molecule has 3 N–H and O–H groups in total. The molecule has 0 aliphatic carbocycles. The molecule has 19 heavy (non-hydrogen) atoms. The molecule has 4 atom stereocenters. The van der Waals surface area contributed by atoms with E-state index < -0.39 is 41.7 Å². The summed E-state index contributed by atoms with van der Waals surface area (Å²) in [5, 5.41) is 19.2. The molecule has 2 rings (SSSR count). The van der Waals surface area contributed by atoms with Crippen molar-refractivity contribution in [2.75, 3.05) is 6.61 Å². The lowest BCUT2D eigenvalue weighted by Crippen LogP contribution is -2.40. The summed E-state index contributed by atoms with van der Waals surface area (Å²) in [6.45, 7) is 1.13. The van der Waals surface area contributed by atoms with E-state index in [1.165, 1.54) is 6.20 Å². The molecule has 7 nitrogen and oxygen atoms in total. The summed E-state index contributed by atoms with van der Waals surface area (Å²) < 4.78 is 6.53. The normalized spacial score (nSPS) is 34.1. The molecule has 2 heterocycles. The number of ether oxygens (including phenoxy) is 1. The first-order chi connectivity index (χ1) is 8.93. The number of aromatic nitrogens is 2. The van der Waals surface area contributed by atoms with Crippen molar-refractivity contribution < 1.29 is 14.9 Å². The molecule has 0 aromatic carbocycles. The summed E-state index contributed by atoms with van der Waals surface area (Å²) >= 11 is 0. The number of hydrogen-bond acceptors (Lipinski definition) is 5. The predicted octanol–water partition coefficient (Wildman–Crippen LogP) is -1.57. The van der Waals surface area contributed by atoms with Gasteiger partial charge in [0.15, 0.2) is 6.23 Å². The molecule has 1 aliphatic rings. The molecule has 1 saturated heterocycles. The van der Waals surface area contributed by atoms with Gasteiger partial charge in [-0.1, -0.05) is 5.92 Å². The Morgan fingerprint density at radius 2 is 2.32 bits per heavy atom. The van der Waals surface area contributed by atoms with Crippen molar-refractivity contribution in [3.63, 3.8) is 0 Å². The van der Waals surface area contributed by atoms with Crippen molar-refractivity contribution in [3.05, 3.63) is 33.1 Å². The highest BCUT2D eigenvalue weighted by atomic mass is 16.5. The second-order valence-corrected chi connectivity index (χ2v) is 4.60. The molecule has 7 heteroatoms. The van der Waals surface area contributed by atoms with Gasteiger partial charge in [-0.05, 0) is 6.92 Å². The fourth-order valence-corrected chi connectivity index (χ4v) is 2.18. The first kappa shape index (κ1) is 13.5. The van der Waals surface area contributed by atoms with Crippen LogP contribution in [0.2, 0.25) is 0 Å². The summed E-state index contributed by atoms with van der Waals surface area (Å²) in [6.07, 6.45) is 3.70. The van der Waals surface area contributed by atoms with Gasteiger partial charge < -0.3 is 14.9 Å². The second-order valence-electron chi connectivity index (χ2n) is 4.60. The summed E-state index contributed by atoms with van der Waals surface area (Å²) in [5.41, 5.74) is -2.42. The Labute approximate surface area is 108 Å². The Kier molecular flexibility index (Phi) is 3.32. The molecular weight excluding hydrogens is 252 g/mol. The lowest BCUT2D eigenvalue weighted by Gasteiger charge is -2.27. The molecule has 0 unspecified atom stereocenters. The molecule has 1 aliphatic heterocycles. The van der Waals surface area contributed by atoms with Crippen LogP contribution in [0.1, 0.15) is 13.2 Å². The highest BCUT2D eigenvalue weighted by Crippen LogP contribution is 2.43. The minimum atomic E-state index is -1.19. The van der Waals surface area contributed by atoms with Crippen LogP contribution in [0.5, 0.6) is 0 Å². The summed E-state index contributed by atoms with van der Waals surface area (Å²) in [6, 6.07) is 1.15. The lowest BCUT2D eigenvalue weighted by atomic mass is 9.83. The van der Waals surface area contributed by atoms with Crippen LogP contribution in [-0.4, -0.2) is 38.6 Å². The van der Waals surface area contributed by atoms with Gasteiger partial charge in [0.05, 0.1) is 6.61 Å². The van der Waals surface area contributed by atoms with Crippen LogP contribution in [0.4, 0.5) is 0 Å². The first-order valence-corrected chi connectivity index (χ1v) is 5.67. The number of aliphatic hydroxyl groups excluding tert-OH is 2. The summed E-state index contributed by atoms with van der Waals surface area (Å²) in [4.78, 5) is 24.9. The Morgan fingerprint density at radius 1 is 1.63 bits per heavy atom. The number of aromatic amines is 1. The van der Waals surface area contributed by atoms with E-state index >= 15 is 0 Å². The van der Waals surface area contributed by atoms with E-state index in [0.29, 0.717) is 0 Å². The molecule has 1 aromatic heterocycles. The number of nitrogens with zero attached hydrogens (tertiary/aromatic N) is 1. The zero-order valence-electron chi connectivity index (χ0n) is 10.2. The van der Waals surface area contributed by atoms with E-state index in [-0.39, 0.29) is 0 Å². The molecule has 1 fully saturated rings. The molecule has 0 bridgehead atoms. The fourth-order valence-electron chi connectivity index (χ4n) is 2.18. The Morgan fingerprint density at radius 3 is 2.84 bits per heavy atom.